The number of aliphatic hydroxyl groups excluding tert-OH is 1. The predicted molar refractivity (Wildman–Crippen MR) is 92.9 cm³/mol. The highest BCUT2D eigenvalue weighted by molar-refractivity contribution is 5.18. The fourth-order valence-electron chi connectivity index (χ4n) is 7.03. The first kappa shape index (κ1) is 11.3. The van der Waals surface area contributed by atoms with Gasteiger partial charge in [0.15, 0.2) is 0 Å². The van der Waals surface area contributed by atoms with E-state index < -0.39 is 30.0 Å². The number of hydrogen-bond acceptors (Lipinski definition) is 2. The molecule has 0 aromatic heterocycles. The van der Waals surface area contributed by atoms with Gasteiger partial charge >= 0.3 is 0 Å². The molecule has 2 unspecified atom stereocenters. The summed E-state index contributed by atoms with van der Waals surface area (Å²) in [5.41, 5.74) is -2.74. The van der Waals surface area contributed by atoms with Crippen LogP contribution in [0.2, 0.25) is 0 Å². The Balaban J connectivity index is 1.73. The monoisotopic (exact) mass is 323 g/mol. The molecule has 0 aromatic rings. The summed E-state index contributed by atoms with van der Waals surface area (Å²) >= 11 is 0. The van der Waals surface area contributed by atoms with E-state index in [1.54, 1.807) is 0 Å². The third kappa shape index (κ3) is 2.00. The smallest absolute Gasteiger partial charge is 0.0881 e. The van der Waals surface area contributed by atoms with Gasteiger partial charge in [-0.1, -0.05) is 19.9 Å². The van der Waals surface area contributed by atoms with Gasteiger partial charge in [-0.15, -0.1) is 6.53 Å². The standard InChI is InChI=1S/C21H34O2/c1-4-21(23)12-9-18-16-6-5-14-13-15(22)7-10-19(14,2)17(16)8-11-20(18,21)3/h4,14-18,22-23H,1,5-13H2,2-3H3/t14?,15?,16-,17+,18+,19+,20+,21-/m1/s1/i1D2,4D,12D2. The Labute approximate surface area is 148 Å². The molecular formula is C21H34O2. The second-order valence-corrected chi connectivity index (χ2v) is 9.26. The molecule has 0 aliphatic heterocycles. The Morgan fingerprint density at radius 2 is 2.00 bits per heavy atom. The zero-order valence-electron chi connectivity index (χ0n) is 19.4. The highest BCUT2D eigenvalue weighted by Gasteiger charge is 2.63. The van der Waals surface area contributed by atoms with Gasteiger partial charge in [0, 0.05) is 8.16 Å². The average molecular weight is 324 g/mol. The molecule has 4 saturated carbocycles. The summed E-state index contributed by atoms with van der Waals surface area (Å²) in [7, 11) is 0. The summed E-state index contributed by atoms with van der Waals surface area (Å²) in [4.78, 5) is 0. The number of rotatable bonds is 1. The lowest BCUT2D eigenvalue weighted by molar-refractivity contribution is -0.146. The van der Waals surface area contributed by atoms with Gasteiger partial charge in [-0.25, -0.2) is 0 Å². The van der Waals surface area contributed by atoms with Gasteiger partial charge in [-0.05, 0) is 86.8 Å². The van der Waals surface area contributed by atoms with Crippen molar-refractivity contribution < 1.29 is 17.1 Å². The fourth-order valence-corrected chi connectivity index (χ4v) is 7.03. The van der Waals surface area contributed by atoms with Crippen molar-refractivity contribution in [3.8, 4) is 0 Å². The molecule has 0 saturated heterocycles. The number of aliphatic hydroxyl groups is 2. The summed E-state index contributed by atoms with van der Waals surface area (Å²) in [5, 5.41) is 21.7. The SMILES string of the molecule is [2H]C([2H])=C([2H])[C@@]1(O)C([2H])([2H])C[C@H]2[C@@H]3CCC4CC(O)CC[C@]4(C)[C@H]3CC[C@@]21C. The van der Waals surface area contributed by atoms with Crippen LogP contribution in [0.1, 0.15) is 78.4 Å². The van der Waals surface area contributed by atoms with Crippen LogP contribution in [0, 0.1) is 34.5 Å². The van der Waals surface area contributed by atoms with E-state index in [9.17, 15) is 10.2 Å². The lowest BCUT2D eigenvalue weighted by Gasteiger charge is -2.61. The highest BCUT2D eigenvalue weighted by atomic mass is 16.3. The van der Waals surface area contributed by atoms with Crippen LogP contribution in [0.4, 0.5) is 0 Å². The molecule has 2 nitrogen and oxygen atoms in total. The summed E-state index contributed by atoms with van der Waals surface area (Å²) in [6.07, 6.45) is 4.23. The van der Waals surface area contributed by atoms with Crippen LogP contribution < -0.4 is 0 Å². The van der Waals surface area contributed by atoms with Crippen LogP contribution in [-0.4, -0.2) is 21.9 Å². The second kappa shape index (κ2) is 5.08. The molecule has 130 valence electrons. The molecule has 0 aromatic carbocycles. The van der Waals surface area contributed by atoms with E-state index in [2.05, 4.69) is 6.92 Å². The maximum absolute atomic E-state index is 11.5. The molecular weight excluding hydrogens is 284 g/mol. The Hall–Kier alpha value is -0.340. The Morgan fingerprint density at radius 1 is 1.17 bits per heavy atom. The largest absolute Gasteiger partial charge is 0.393 e. The molecule has 23 heavy (non-hydrogen) atoms. The second-order valence-electron chi connectivity index (χ2n) is 9.26. The zero-order valence-corrected chi connectivity index (χ0v) is 14.4. The Kier molecular flexibility index (Phi) is 2.50. The molecule has 0 radical (unpaired) electrons. The van der Waals surface area contributed by atoms with Crippen molar-refractivity contribution in [1.82, 2.24) is 0 Å². The zero-order chi connectivity index (χ0) is 20.7. The first-order chi connectivity index (χ1) is 12.9. The quantitative estimate of drug-likeness (QED) is 0.706. The van der Waals surface area contributed by atoms with Crippen LogP contribution >= 0.6 is 0 Å². The third-order valence-electron chi connectivity index (χ3n) is 8.61. The van der Waals surface area contributed by atoms with Crippen LogP contribution in [0.5, 0.6) is 0 Å². The summed E-state index contributed by atoms with van der Waals surface area (Å²) in [5.74, 6) is 1.22. The average Bonchev–Trinajstić information content (AvgIpc) is 2.79. The van der Waals surface area contributed by atoms with Crippen molar-refractivity contribution in [2.75, 3.05) is 0 Å². The van der Waals surface area contributed by atoms with Crippen molar-refractivity contribution in [1.29, 1.82) is 0 Å². The van der Waals surface area contributed by atoms with Gasteiger partial charge in [0.05, 0.1) is 15.8 Å². The van der Waals surface area contributed by atoms with Crippen molar-refractivity contribution in [3.05, 3.63) is 12.6 Å². The van der Waals surface area contributed by atoms with Crippen LogP contribution in [0.3, 0.4) is 0 Å². The number of hydrogen-bond donors (Lipinski definition) is 2. The van der Waals surface area contributed by atoms with Gasteiger partial charge in [-0.3, -0.25) is 0 Å². The summed E-state index contributed by atoms with van der Waals surface area (Å²) in [6.45, 7) is 3.47. The molecule has 2 N–H and O–H groups in total. The van der Waals surface area contributed by atoms with E-state index in [0.717, 1.165) is 38.5 Å². The van der Waals surface area contributed by atoms with Crippen molar-refractivity contribution in [2.24, 2.45) is 34.5 Å². The van der Waals surface area contributed by atoms with Gasteiger partial charge in [0.25, 0.3) is 0 Å². The molecule has 2 heteroatoms. The Bertz CT molecular complexity index is 692. The lowest BCUT2D eigenvalue weighted by Crippen LogP contribution is -2.56. The third-order valence-corrected chi connectivity index (χ3v) is 8.61. The van der Waals surface area contributed by atoms with Crippen molar-refractivity contribution in [3.63, 3.8) is 0 Å². The molecule has 0 spiro atoms. The van der Waals surface area contributed by atoms with Crippen molar-refractivity contribution in [2.45, 2.75) is 83.3 Å². The topological polar surface area (TPSA) is 40.5 Å². The van der Waals surface area contributed by atoms with Gasteiger partial charge < -0.3 is 10.2 Å². The highest BCUT2D eigenvalue weighted by Crippen LogP contribution is 2.68. The van der Waals surface area contributed by atoms with E-state index in [4.69, 9.17) is 6.85 Å². The molecule has 0 amide bonds. The molecule has 8 atom stereocenters. The van der Waals surface area contributed by atoms with E-state index in [1.165, 1.54) is 0 Å². The first-order valence-electron chi connectivity index (χ1n) is 11.9. The Morgan fingerprint density at radius 3 is 2.78 bits per heavy atom. The predicted octanol–water partition coefficient (Wildman–Crippen LogP) is 4.31. The summed E-state index contributed by atoms with van der Waals surface area (Å²) in [6, 6.07) is -0.568. The summed E-state index contributed by atoms with van der Waals surface area (Å²) < 4.78 is 40.7. The van der Waals surface area contributed by atoms with E-state index in [1.807, 2.05) is 6.92 Å². The van der Waals surface area contributed by atoms with Crippen LogP contribution in [-0.2, 0) is 0 Å². The molecule has 0 heterocycles. The molecule has 4 aliphatic rings. The minimum Gasteiger partial charge on any atom is -0.393 e. The fraction of sp³-hybridized carbons (Fsp3) is 0.905. The minimum absolute atomic E-state index is 0.0458. The lowest BCUT2D eigenvalue weighted by atomic mass is 9.44. The van der Waals surface area contributed by atoms with Gasteiger partial charge in [0.2, 0.25) is 0 Å². The van der Waals surface area contributed by atoms with Gasteiger partial charge in [0.1, 0.15) is 0 Å². The molecule has 4 fully saturated rings. The normalized spacial score (nSPS) is 64.0. The van der Waals surface area contributed by atoms with E-state index >= 15 is 0 Å². The first-order valence-corrected chi connectivity index (χ1v) is 9.43. The van der Waals surface area contributed by atoms with E-state index in [-0.39, 0.29) is 23.9 Å². The van der Waals surface area contributed by atoms with Crippen molar-refractivity contribution >= 4 is 0 Å². The molecule has 4 aliphatic carbocycles. The van der Waals surface area contributed by atoms with Crippen LogP contribution in [0.15, 0.2) is 12.6 Å². The molecule has 4 rings (SSSR count). The van der Waals surface area contributed by atoms with Gasteiger partial charge in [-0.2, -0.15) is 0 Å². The van der Waals surface area contributed by atoms with Crippen LogP contribution in [0.25, 0.3) is 0 Å². The maximum Gasteiger partial charge on any atom is 0.0881 e. The van der Waals surface area contributed by atoms with E-state index in [0.29, 0.717) is 24.2 Å². The maximum atomic E-state index is 11.5. The minimum atomic E-state index is -2.07. The molecule has 0 bridgehead atoms. The number of fused-ring (bicyclic) bond motifs is 5.